The van der Waals surface area contributed by atoms with Crippen molar-refractivity contribution in [2.24, 2.45) is 5.73 Å². The van der Waals surface area contributed by atoms with Gasteiger partial charge in [0.2, 0.25) is 5.91 Å². The number of carbonyl (C=O) groups is 2. The van der Waals surface area contributed by atoms with E-state index in [-0.39, 0.29) is 6.54 Å². The molecule has 1 atom stereocenters. The first-order valence-electron chi connectivity index (χ1n) is 2.87. The highest BCUT2D eigenvalue weighted by Gasteiger charge is 2.26. The Hall–Kier alpha value is -0.900. The molecule has 0 aliphatic carbocycles. The highest BCUT2D eigenvalue weighted by Crippen LogP contribution is 1.91. The fourth-order valence-electron chi connectivity index (χ4n) is 0.358. The smallest absolute Gasteiger partial charge is 0.247 e. The van der Waals surface area contributed by atoms with Crippen molar-refractivity contribution in [2.45, 2.75) is 12.5 Å². The molecule has 0 aliphatic heterocycles. The average Bonchev–Trinajstić information content (AvgIpc) is 1.89. The Labute approximate surface area is 59.8 Å². The maximum atomic E-state index is 10.8. The molecule has 4 nitrogen and oxygen atoms in total. The van der Waals surface area contributed by atoms with Gasteiger partial charge in [-0.1, -0.05) is 0 Å². The van der Waals surface area contributed by atoms with Crippen LogP contribution in [0.15, 0.2) is 0 Å². The zero-order valence-electron chi connectivity index (χ0n) is 5.89. The van der Waals surface area contributed by atoms with Gasteiger partial charge in [-0.05, 0) is 13.8 Å². The highest BCUT2D eigenvalue weighted by atomic mass is 16.2. The summed E-state index contributed by atoms with van der Waals surface area (Å²) in [5.41, 5.74) is 3.82. The number of hydrogen-bond donors (Lipinski definition) is 2. The summed E-state index contributed by atoms with van der Waals surface area (Å²) in [7, 11) is 0. The number of nitrogens with two attached hydrogens (primary N) is 1. The van der Waals surface area contributed by atoms with Crippen LogP contribution in [0.2, 0.25) is 0 Å². The molecule has 0 aromatic rings. The Morgan fingerprint density at radius 2 is 2.40 bits per heavy atom. The first-order valence-corrected chi connectivity index (χ1v) is 2.87. The highest BCUT2D eigenvalue weighted by molar-refractivity contribution is 6.00. The molecule has 0 saturated carbocycles. The van der Waals surface area contributed by atoms with Gasteiger partial charge in [-0.3, -0.25) is 4.79 Å². The minimum atomic E-state index is -1.42. The average molecular weight is 143 g/mol. The molecule has 0 spiro atoms. The lowest BCUT2D eigenvalue weighted by Gasteiger charge is -2.14. The van der Waals surface area contributed by atoms with E-state index in [1.807, 2.05) is 0 Å². The van der Waals surface area contributed by atoms with E-state index in [0.717, 1.165) is 0 Å². The Bertz CT molecular complexity index is 143. The van der Waals surface area contributed by atoms with E-state index in [4.69, 9.17) is 5.73 Å². The molecule has 10 heavy (non-hydrogen) atoms. The Morgan fingerprint density at radius 1 is 1.90 bits per heavy atom. The number of aldehydes is 1. The molecule has 0 unspecified atom stereocenters. The SMILES string of the molecule is [CH2]CNC(=O)[C@@](C)(N)C=O. The molecular weight excluding hydrogens is 132 g/mol. The molecule has 3 N–H and O–H groups in total. The number of amides is 1. The molecule has 4 heteroatoms. The lowest BCUT2D eigenvalue weighted by molar-refractivity contribution is -0.129. The molecule has 0 heterocycles. The Morgan fingerprint density at radius 3 is 2.70 bits per heavy atom. The topological polar surface area (TPSA) is 72.2 Å². The number of rotatable bonds is 3. The van der Waals surface area contributed by atoms with Crippen LogP contribution in [0.4, 0.5) is 0 Å². The first kappa shape index (κ1) is 9.10. The van der Waals surface area contributed by atoms with Crippen LogP contribution in [0, 0.1) is 6.92 Å². The van der Waals surface area contributed by atoms with Crippen molar-refractivity contribution < 1.29 is 9.59 Å². The minimum absolute atomic E-state index is 0.236. The summed E-state index contributed by atoms with van der Waals surface area (Å²) in [4.78, 5) is 20.9. The molecule has 0 aromatic heterocycles. The van der Waals surface area contributed by atoms with Crippen molar-refractivity contribution in [1.29, 1.82) is 0 Å². The third-order valence-electron chi connectivity index (χ3n) is 1.02. The van der Waals surface area contributed by atoms with Gasteiger partial charge in [-0.25, -0.2) is 0 Å². The Balaban J connectivity index is 4.04. The van der Waals surface area contributed by atoms with Crippen LogP contribution in [-0.4, -0.2) is 24.3 Å². The van der Waals surface area contributed by atoms with Gasteiger partial charge in [0.15, 0.2) is 0 Å². The molecule has 1 amide bonds. The summed E-state index contributed by atoms with van der Waals surface area (Å²) in [6.45, 7) is 4.94. The predicted octanol–water partition coefficient (Wildman–Crippen LogP) is -1.15. The van der Waals surface area contributed by atoms with Crippen molar-refractivity contribution in [3.05, 3.63) is 6.92 Å². The van der Waals surface area contributed by atoms with Crippen LogP contribution >= 0.6 is 0 Å². The zero-order valence-corrected chi connectivity index (χ0v) is 5.89. The monoisotopic (exact) mass is 143 g/mol. The first-order chi connectivity index (χ1) is 4.54. The van der Waals surface area contributed by atoms with Gasteiger partial charge in [0.05, 0.1) is 0 Å². The van der Waals surface area contributed by atoms with Gasteiger partial charge in [0, 0.05) is 6.54 Å². The number of hydrogen-bond acceptors (Lipinski definition) is 3. The van der Waals surface area contributed by atoms with Crippen molar-refractivity contribution in [2.75, 3.05) is 6.54 Å². The summed E-state index contributed by atoms with van der Waals surface area (Å²) >= 11 is 0. The molecule has 0 bridgehead atoms. The second kappa shape index (κ2) is 3.31. The van der Waals surface area contributed by atoms with E-state index in [1.165, 1.54) is 6.92 Å². The van der Waals surface area contributed by atoms with Gasteiger partial charge >= 0.3 is 0 Å². The zero-order chi connectivity index (χ0) is 8.20. The summed E-state index contributed by atoms with van der Waals surface area (Å²) in [6, 6.07) is 0. The molecule has 0 fully saturated rings. The summed E-state index contributed by atoms with van der Waals surface area (Å²) in [5.74, 6) is -0.502. The maximum absolute atomic E-state index is 10.8. The normalized spacial score (nSPS) is 15.5. The van der Waals surface area contributed by atoms with Crippen molar-refractivity contribution in [1.82, 2.24) is 5.32 Å². The van der Waals surface area contributed by atoms with Gasteiger partial charge < -0.3 is 15.8 Å². The standard InChI is InChI=1S/C6H11N2O2/c1-3-8-5(10)6(2,7)4-9/h4H,1,3,7H2,2H3,(H,8,10)/t6-/m0/s1. The van der Waals surface area contributed by atoms with Crippen molar-refractivity contribution in [3.63, 3.8) is 0 Å². The van der Waals surface area contributed by atoms with Crippen LogP contribution in [0.3, 0.4) is 0 Å². The van der Waals surface area contributed by atoms with Crippen LogP contribution in [-0.2, 0) is 9.59 Å². The van der Waals surface area contributed by atoms with Crippen LogP contribution in [0.1, 0.15) is 6.92 Å². The van der Waals surface area contributed by atoms with E-state index in [1.54, 1.807) is 0 Å². The predicted molar refractivity (Wildman–Crippen MR) is 37.0 cm³/mol. The quantitative estimate of drug-likeness (QED) is 0.387. The largest absolute Gasteiger partial charge is 0.354 e. The summed E-state index contributed by atoms with van der Waals surface area (Å²) in [5, 5.41) is 2.33. The van der Waals surface area contributed by atoms with E-state index in [0.29, 0.717) is 6.29 Å². The summed E-state index contributed by atoms with van der Waals surface area (Å²) in [6.07, 6.45) is 0.401. The second-order valence-corrected chi connectivity index (χ2v) is 2.16. The van der Waals surface area contributed by atoms with Crippen molar-refractivity contribution >= 4 is 12.2 Å². The fraction of sp³-hybridized carbons (Fsp3) is 0.500. The molecule has 1 radical (unpaired) electrons. The molecule has 0 rings (SSSR count). The third-order valence-corrected chi connectivity index (χ3v) is 1.02. The third kappa shape index (κ3) is 2.14. The molecule has 57 valence electrons. The van der Waals surface area contributed by atoms with E-state index in [9.17, 15) is 9.59 Å². The van der Waals surface area contributed by atoms with E-state index >= 15 is 0 Å². The van der Waals surface area contributed by atoms with Crippen LogP contribution < -0.4 is 11.1 Å². The number of carbonyl (C=O) groups excluding carboxylic acids is 2. The second-order valence-electron chi connectivity index (χ2n) is 2.16. The molecular formula is C6H11N2O2. The van der Waals surface area contributed by atoms with E-state index < -0.39 is 11.4 Å². The molecule has 0 saturated heterocycles. The molecule has 0 aliphatic rings. The number of nitrogens with one attached hydrogen (secondary N) is 1. The Kier molecular flexibility index (Phi) is 3.02. The molecule has 0 aromatic carbocycles. The fourth-order valence-corrected chi connectivity index (χ4v) is 0.358. The lowest BCUT2D eigenvalue weighted by Crippen LogP contribution is -2.52. The minimum Gasteiger partial charge on any atom is -0.354 e. The van der Waals surface area contributed by atoms with E-state index in [2.05, 4.69) is 12.2 Å². The van der Waals surface area contributed by atoms with Gasteiger partial charge in [-0.2, -0.15) is 0 Å². The van der Waals surface area contributed by atoms with Gasteiger partial charge in [0.25, 0.3) is 0 Å². The maximum Gasteiger partial charge on any atom is 0.247 e. The van der Waals surface area contributed by atoms with Crippen LogP contribution in [0.25, 0.3) is 0 Å². The van der Waals surface area contributed by atoms with Crippen LogP contribution in [0.5, 0.6) is 0 Å². The summed E-state index contributed by atoms with van der Waals surface area (Å²) < 4.78 is 0. The van der Waals surface area contributed by atoms with Crippen molar-refractivity contribution in [3.8, 4) is 0 Å². The van der Waals surface area contributed by atoms with Gasteiger partial charge in [0.1, 0.15) is 11.8 Å². The van der Waals surface area contributed by atoms with Gasteiger partial charge in [-0.15, -0.1) is 0 Å². The lowest BCUT2D eigenvalue weighted by atomic mass is 10.1.